The molecule has 6 nitrogen and oxygen atoms in total. The van der Waals surface area contributed by atoms with Crippen molar-refractivity contribution in [3.8, 4) is 0 Å². The zero-order valence-corrected chi connectivity index (χ0v) is 17.2. The molecule has 5 rings (SSSR count). The fourth-order valence-electron chi connectivity index (χ4n) is 5.06. The average molecular weight is 432 g/mol. The molecule has 2 aromatic rings. The van der Waals surface area contributed by atoms with Crippen LogP contribution in [0.4, 0.5) is 18.9 Å². The Morgan fingerprint density at radius 2 is 1.94 bits per heavy atom. The normalized spacial score (nSPS) is 22.1. The summed E-state index contributed by atoms with van der Waals surface area (Å²) in [5, 5.41) is 4.43. The highest BCUT2D eigenvalue weighted by atomic mass is 19.2. The van der Waals surface area contributed by atoms with Gasteiger partial charge in [0.15, 0.2) is 17.5 Å². The number of aromatic nitrogens is 2. The van der Waals surface area contributed by atoms with Crippen molar-refractivity contribution in [3.05, 3.63) is 47.0 Å². The van der Waals surface area contributed by atoms with Gasteiger partial charge in [-0.3, -0.25) is 14.3 Å². The number of amides is 2. The molecule has 3 aliphatic rings. The van der Waals surface area contributed by atoms with Gasteiger partial charge in [-0.15, -0.1) is 0 Å². The maximum Gasteiger partial charge on any atom is 0.227 e. The van der Waals surface area contributed by atoms with E-state index < -0.39 is 17.5 Å². The first kappa shape index (κ1) is 20.1. The van der Waals surface area contributed by atoms with E-state index in [2.05, 4.69) is 5.10 Å². The lowest BCUT2D eigenvalue weighted by Crippen LogP contribution is -2.46. The van der Waals surface area contributed by atoms with Crippen molar-refractivity contribution in [1.29, 1.82) is 0 Å². The SMILES string of the molecule is C[C@H]1Cn2ncc(N3CC4(CCC4)CC3=O)c2CN1C(=O)Cc1cc(F)c(F)c(F)c1. The van der Waals surface area contributed by atoms with Crippen LogP contribution in [0.1, 0.15) is 43.9 Å². The molecule has 1 saturated carbocycles. The minimum Gasteiger partial charge on any atom is -0.332 e. The third-order valence-electron chi connectivity index (χ3n) is 6.96. The summed E-state index contributed by atoms with van der Waals surface area (Å²) in [4.78, 5) is 29.1. The largest absolute Gasteiger partial charge is 0.332 e. The summed E-state index contributed by atoms with van der Waals surface area (Å²) in [6, 6.07) is 1.51. The highest BCUT2D eigenvalue weighted by Crippen LogP contribution is 2.49. The molecule has 1 saturated heterocycles. The molecule has 2 aliphatic heterocycles. The Bertz CT molecular complexity index is 1060. The predicted octanol–water partition coefficient (Wildman–Crippen LogP) is 3.18. The van der Waals surface area contributed by atoms with Crippen molar-refractivity contribution in [2.45, 2.75) is 58.2 Å². The van der Waals surface area contributed by atoms with Gasteiger partial charge in [-0.1, -0.05) is 6.42 Å². The molecule has 2 amide bonds. The molecule has 1 spiro atoms. The van der Waals surface area contributed by atoms with Crippen molar-refractivity contribution in [1.82, 2.24) is 14.7 Å². The first-order valence-corrected chi connectivity index (χ1v) is 10.5. The van der Waals surface area contributed by atoms with Crippen LogP contribution in [-0.4, -0.2) is 39.1 Å². The lowest BCUT2D eigenvalue weighted by molar-refractivity contribution is -0.134. The van der Waals surface area contributed by atoms with Gasteiger partial charge in [0, 0.05) is 19.0 Å². The molecule has 1 aromatic heterocycles. The number of fused-ring (bicyclic) bond motifs is 1. The second-order valence-electron chi connectivity index (χ2n) is 9.09. The molecule has 0 radical (unpaired) electrons. The molecule has 9 heteroatoms. The predicted molar refractivity (Wildman–Crippen MR) is 106 cm³/mol. The Kier molecular flexibility index (Phi) is 4.60. The highest BCUT2D eigenvalue weighted by Gasteiger charge is 2.48. The zero-order chi connectivity index (χ0) is 21.9. The van der Waals surface area contributed by atoms with E-state index in [1.165, 1.54) is 0 Å². The molecule has 2 fully saturated rings. The zero-order valence-electron chi connectivity index (χ0n) is 17.2. The number of hydrogen-bond acceptors (Lipinski definition) is 3. The van der Waals surface area contributed by atoms with Gasteiger partial charge < -0.3 is 9.80 Å². The maximum atomic E-state index is 13.5. The van der Waals surface area contributed by atoms with Gasteiger partial charge >= 0.3 is 0 Å². The molecule has 1 aromatic carbocycles. The number of carbonyl (C=O) groups excluding carboxylic acids is 2. The molecule has 0 N–H and O–H groups in total. The monoisotopic (exact) mass is 432 g/mol. The second-order valence-corrected chi connectivity index (χ2v) is 9.09. The summed E-state index contributed by atoms with van der Waals surface area (Å²) >= 11 is 0. The van der Waals surface area contributed by atoms with Crippen molar-refractivity contribution in [2.75, 3.05) is 11.4 Å². The van der Waals surface area contributed by atoms with Crippen LogP contribution >= 0.6 is 0 Å². The topological polar surface area (TPSA) is 58.4 Å². The van der Waals surface area contributed by atoms with Crippen LogP contribution in [0, 0.1) is 22.9 Å². The summed E-state index contributed by atoms with van der Waals surface area (Å²) in [6.07, 6.45) is 5.27. The molecule has 0 unspecified atom stereocenters. The summed E-state index contributed by atoms with van der Waals surface area (Å²) < 4.78 is 42.1. The minimum atomic E-state index is -1.55. The van der Waals surface area contributed by atoms with Gasteiger partial charge in [-0.2, -0.15) is 5.10 Å². The van der Waals surface area contributed by atoms with Crippen LogP contribution in [0.15, 0.2) is 18.3 Å². The number of nitrogens with zero attached hydrogens (tertiary/aromatic N) is 4. The van der Waals surface area contributed by atoms with E-state index in [4.69, 9.17) is 0 Å². The first-order chi connectivity index (χ1) is 14.8. The molecule has 3 heterocycles. The van der Waals surface area contributed by atoms with E-state index in [1.54, 1.807) is 16.0 Å². The molecule has 0 bridgehead atoms. The van der Waals surface area contributed by atoms with Crippen LogP contribution in [0.3, 0.4) is 0 Å². The van der Waals surface area contributed by atoms with E-state index in [-0.39, 0.29) is 41.8 Å². The first-order valence-electron chi connectivity index (χ1n) is 10.5. The third-order valence-corrected chi connectivity index (χ3v) is 6.96. The Hall–Kier alpha value is -2.84. The average Bonchev–Trinajstić information content (AvgIpc) is 3.25. The van der Waals surface area contributed by atoms with Crippen molar-refractivity contribution < 1.29 is 22.8 Å². The quantitative estimate of drug-likeness (QED) is 0.700. The number of halogens is 3. The van der Waals surface area contributed by atoms with Gasteiger partial charge in [0.1, 0.15) is 0 Å². The van der Waals surface area contributed by atoms with Crippen LogP contribution in [-0.2, 0) is 29.1 Å². The smallest absolute Gasteiger partial charge is 0.227 e. The van der Waals surface area contributed by atoms with Gasteiger partial charge in [0.05, 0.1) is 37.1 Å². The lowest BCUT2D eigenvalue weighted by atomic mass is 9.68. The number of anilines is 1. The number of hydrogen-bond donors (Lipinski definition) is 0. The molecule has 31 heavy (non-hydrogen) atoms. The summed E-state index contributed by atoms with van der Waals surface area (Å²) in [5.74, 6) is -4.40. The Labute approximate surface area is 177 Å². The summed E-state index contributed by atoms with van der Waals surface area (Å²) in [5.41, 5.74) is 1.68. The van der Waals surface area contributed by atoms with E-state index in [0.717, 1.165) is 42.8 Å². The summed E-state index contributed by atoms with van der Waals surface area (Å²) in [7, 11) is 0. The Morgan fingerprint density at radius 1 is 1.23 bits per heavy atom. The standard InChI is InChI=1S/C22H23F3N4O2/c1-13-10-29-18(17(9-26-29)28-12-22(3-2-4-22)8-20(28)31)11-27(13)19(30)7-14-5-15(23)21(25)16(24)6-14/h5-6,9,13H,2-4,7-8,10-12H2,1H3/t13-/m0/s1. The highest BCUT2D eigenvalue weighted by molar-refractivity contribution is 5.97. The van der Waals surface area contributed by atoms with Gasteiger partial charge in [0.25, 0.3) is 0 Å². The fraction of sp³-hybridized carbons (Fsp3) is 0.500. The number of rotatable bonds is 3. The number of benzene rings is 1. The molecule has 164 valence electrons. The van der Waals surface area contributed by atoms with E-state index >= 15 is 0 Å². The van der Waals surface area contributed by atoms with Gasteiger partial charge in [-0.25, -0.2) is 13.2 Å². The van der Waals surface area contributed by atoms with Crippen molar-refractivity contribution >= 4 is 17.5 Å². The second kappa shape index (κ2) is 7.10. The number of carbonyl (C=O) groups is 2. The summed E-state index contributed by atoms with van der Waals surface area (Å²) in [6.45, 7) is 3.26. The van der Waals surface area contributed by atoms with E-state index in [9.17, 15) is 22.8 Å². The maximum absolute atomic E-state index is 13.5. The van der Waals surface area contributed by atoms with E-state index in [1.807, 2.05) is 11.6 Å². The Balaban J connectivity index is 1.37. The van der Waals surface area contributed by atoms with Crippen LogP contribution in [0.5, 0.6) is 0 Å². The van der Waals surface area contributed by atoms with E-state index in [0.29, 0.717) is 19.5 Å². The van der Waals surface area contributed by atoms with Crippen LogP contribution in [0.2, 0.25) is 0 Å². The lowest BCUT2D eigenvalue weighted by Gasteiger charge is -2.38. The fourth-order valence-corrected chi connectivity index (χ4v) is 5.06. The van der Waals surface area contributed by atoms with Gasteiger partial charge in [0.2, 0.25) is 11.8 Å². The molecule has 1 aliphatic carbocycles. The van der Waals surface area contributed by atoms with Crippen molar-refractivity contribution in [2.24, 2.45) is 5.41 Å². The van der Waals surface area contributed by atoms with Crippen molar-refractivity contribution in [3.63, 3.8) is 0 Å². The molecular weight excluding hydrogens is 409 g/mol. The third kappa shape index (κ3) is 3.30. The van der Waals surface area contributed by atoms with Gasteiger partial charge in [-0.05, 0) is 42.9 Å². The van der Waals surface area contributed by atoms with Crippen LogP contribution < -0.4 is 4.90 Å². The minimum absolute atomic E-state index is 0.0783. The Morgan fingerprint density at radius 3 is 2.55 bits per heavy atom. The molecule has 1 atom stereocenters. The van der Waals surface area contributed by atoms with Crippen LogP contribution in [0.25, 0.3) is 0 Å². The molecular formula is C22H23F3N4O2.